The monoisotopic (exact) mass is 460 g/mol. The van der Waals surface area contributed by atoms with Gasteiger partial charge in [0, 0.05) is 11.9 Å². The van der Waals surface area contributed by atoms with Crippen molar-refractivity contribution >= 4 is 22.5 Å². The van der Waals surface area contributed by atoms with Crippen LogP contribution in [0.25, 0.3) is 22.4 Å². The Bertz CT molecular complexity index is 1440. The second-order valence-electron chi connectivity index (χ2n) is 7.32. The summed E-state index contributed by atoms with van der Waals surface area (Å²) in [6, 6.07) is 17.0. The van der Waals surface area contributed by atoms with E-state index < -0.39 is 0 Å². The van der Waals surface area contributed by atoms with Crippen molar-refractivity contribution in [2.45, 2.75) is 37.4 Å². The molecule has 33 heavy (non-hydrogen) atoms. The molecule has 0 aliphatic heterocycles. The van der Waals surface area contributed by atoms with E-state index in [9.17, 15) is 4.79 Å². The minimum atomic E-state index is -0.171. The zero-order valence-corrected chi connectivity index (χ0v) is 18.6. The predicted molar refractivity (Wildman–Crippen MR) is 123 cm³/mol. The molecule has 0 spiro atoms. The topological polar surface area (TPSA) is 117 Å². The summed E-state index contributed by atoms with van der Waals surface area (Å²) >= 11 is 1.35. The van der Waals surface area contributed by atoms with Crippen molar-refractivity contribution in [2.75, 3.05) is 0 Å². The molecule has 0 atom stereocenters. The van der Waals surface area contributed by atoms with E-state index in [2.05, 4.69) is 37.7 Å². The van der Waals surface area contributed by atoms with E-state index in [1.54, 1.807) is 10.7 Å². The molecule has 5 rings (SSSR count). The van der Waals surface area contributed by atoms with Crippen LogP contribution in [0.5, 0.6) is 0 Å². The Morgan fingerprint density at radius 3 is 2.55 bits per heavy atom. The van der Waals surface area contributed by atoms with Gasteiger partial charge in [-0.25, -0.2) is 9.36 Å². The number of rotatable bonds is 8. The molecule has 2 aromatic carbocycles. The summed E-state index contributed by atoms with van der Waals surface area (Å²) < 4.78 is 9.10. The quantitative estimate of drug-likeness (QED) is 0.322. The first-order chi connectivity index (χ1) is 16.2. The van der Waals surface area contributed by atoms with Gasteiger partial charge in [-0.1, -0.05) is 67.2 Å². The lowest BCUT2D eigenvalue weighted by Gasteiger charge is -2.09. The largest absolute Gasteiger partial charge is 0.409 e. The molecule has 0 saturated heterocycles. The van der Waals surface area contributed by atoms with Crippen LogP contribution in [0.3, 0.4) is 0 Å². The molecule has 3 heterocycles. The summed E-state index contributed by atoms with van der Waals surface area (Å²) in [7, 11) is 0. The third-order valence-electron chi connectivity index (χ3n) is 5.02. The van der Waals surface area contributed by atoms with Crippen LogP contribution in [0.4, 0.5) is 0 Å². The Balaban J connectivity index is 1.47. The number of tetrazole rings is 1. The molecule has 0 radical (unpaired) electrons. The van der Waals surface area contributed by atoms with Crippen LogP contribution in [0.1, 0.15) is 24.7 Å². The number of hydrogen-bond donors (Lipinski definition) is 0. The van der Waals surface area contributed by atoms with E-state index >= 15 is 0 Å². The predicted octanol–water partition coefficient (Wildman–Crippen LogP) is 3.18. The van der Waals surface area contributed by atoms with E-state index in [4.69, 9.17) is 4.42 Å². The fourth-order valence-electron chi connectivity index (χ4n) is 3.46. The van der Waals surface area contributed by atoms with Crippen molar-refractivity contribution in [2.24, 2.45) is 0 Å². The third kappa shape index (κ3) is 4.40. The number of aromatic nitrogens is 8. The van der Waals surface area contributed by atoms with E-state index in [0.29, 0.717) is 34.0 Å². The smallest absolute Gasteiger partial charge is 0.277 e. The molecule has 10 nitrogen and oxygen atoms in total. The lowest BCUT2D eigenvalue weighted by atomic mass is 10.1. The Labute approximate surface area is 192 Å². The van der Waals surface area contributed by atoms with Crippen molar-refractivity contribution in [1.82, 2.24) is 40.2 Å². The molecule has 0 fully saturated rings. The molecule has 166 valence electrons. The van der Waals surface area contributed by atoms with Crippen LogP contribution in [-0.2, 0) is 18.8 Å². The summed E-state index contributed by atoms with van der Waals surface area (Å²) in [6.07, 6.45) is 0.935. The molecule has 0 bridgehead atoms. The molecule has 0 aliphatic carbocycles. The Kier molecular flexibility index (Phi) is 5.94. The van der Waals surface area contributed by atoms with Crippen molar-refractivity contribution in [3.63, 3.8) is 0 Å². The van der Waals surface area contributed by atoms with Gasteiger partial charge in [0.1, 0.15) is 0 Å². The maximum atomic E-state index is 13.0. The van der Waals surface area contributed by atoms with Gasteiger partial charge >= 0.3 is 0 Å². The van der Waals surface area contributed by atoms with Crippen LogP contribution in [0.15, 0.2) is 69.0 Å². The summed E-state index contributed by atoms with van der Waals surface area (Å²) in [6.45, 7) is 3.15. The second kappa shape index (κ2) is 9.33. The summed E-state index contributed by atoms with van der Waals surface area (Å²) in [5.41, 5.74) is 1.27. The molecule has 0 amide bonds. The SMILES string of the molecule is CCCn1nnnc1CSc1nnc(-c2nn(Cc3ccccc3)c(=O)c3ccccc23)o1. The van der Waals surface area contributed by atoms with Crippen molar-refractivity contribution in [3.8, 4) is 11.6 Å². The molecule has 0 aliphatic rings. The lowest BCUT2D eigenvalue weighted by molar-refractivity contribution is 0.462. The average molecular weight is 461 g/mol. The number of benzene rings is 2. The van der Waals surface area contributed by atoms with Gasteiger partial charge < -0.3 is 4.42 Å². The van der Waals surface area contributed by atoms with Gasteiger partial charge in [0.05, 0.1) is 17.7 Å². The maximum absolute atomic E-state index is 13.0. The van der Waals surface area contributed by atoms with E-state index in [0.717, 1.165) is 24.4 Å². The normalized spacial score (nSPS) is 11.3. The molecule has 0 N–H and O–H groups in total. The second-order valence-corrected chi connectivity index (χ2v) is 8.25. The van der Waals surface area contributed by atoms with Gasteiger partial charge in [0.25, 0.3) is 16.7 Å². The summed E-state index contributed by atoms with van der Waals surface area (Å²) in [4.78, 5) is 13.0. The van der Waals surface area contributed by atoms with Gasteiger partial charge in [0.2, 0.25) is 0 Å². The summed E-state index contributed by atoms with van der Waals surface area (Å²) in [5.74, 6) is 1.49. The molecular formula is C22H20N8O2S. The number of fused-ring (bicyclic) bond motifs is 1. The summed E-state index contributed by atoms with van der Waals surface area (Å²) in [5, 5.41) is 26.3. The first-order valence-corrected chi connectivity index (χ1v) is 11.5. The van der Waals surface area contributed by atoms with Crippen molar-refractivity contribution in [3.05, 3.63) is 76.3 Å². The van der Waals surface area contributed by atoms with Crippen molar-refractivity contribution in [1.29, 1.82) is 0 Å². The van der Waals surface area contributed by atoms with Crippen LogP contribution in [-0.4, -0.2) is 40.2 Å². The Hall–Kier alpha value is -3.86. The lowest BCUT2D eigenvalue weighted by Crippen LogP contribution is -2.24. The minimum Gasteiger partial charge on any atom is -0.409 e. The number of thioether (sulfide) groups is 1. The molecule has 5 aromatic rings. The highest BCUT2D eigenvalue weighted by Gasteiger charge is 2.18. The van der Waals surface area contributed by atoms with Crippen LogP contribution in [0, 0.1) is 0 Å². The number of nitrogens with zero attached hydrogens (tertiary/aromatic N) is 8. The zero-order chi connectivity index (χ0) is 22.6. The standard InChI is InChI=1S/C22H20N8O2S/c1-2-12-29-18(23-27-28-29)14-33-22-25-24-20(32-22)19-16-10-6-7-11-17(16)21(31)30(26-19)13-15-8-4-3-5-9-15/h3-11H,2,12-14H2,1H3. The molecule has 0 saturated carbocycles. The van der Waals surface area contributed by atoms with Crippen molar-refractivity contribution < 1.29 is 4.42 Å². The van der Waals surface area contributed by atoms with Gasteiger partial charge in [-0.2, -0.15) is 5.10 Å². The van der Waals surface area contributed by atoms with E-state index in [-0.39, 0.29) is 11.4 Å². The number of hydrogen-bond acceptors (Lipinski definition) is 9. The van der Waals surface area contributed by atoms with Gasteiger partial charge in [-0.15, -0.1) is 15.3 Å². The van der Waals surface area contributed by atoms with E-state index in [1.807, 2.05) is 48.5 Å². The highest BCUT2D eigenvalue weighted by Crippen LogP contribution is 2.27. The molecule has 0 unspecified atom stereocenters. The fourth-order valence-corrected chi connectivity index (χ4v) is 4.15. The highest BCUT2D eigenvalue weighted by molar-refractivity contribution is 7.98. The fraction of sp³-hybridized carbons (Fsp3) is 0.227. The Morgan fingerprint density at radius 1 is 0.939 bits per heavy atom. The number of aryl methyl sites for hydroxylation is 1. The van der Waals surface area contributed by atoms with Gasteiger partial charge in [-0.05, 0) is 28.5 Å². The molecular weight excluding hydrogens is 440 g/mol. The third-order valence-corrected chi connectivity index (χ3v) is 5.83. The average Bonchev–Trinajstić information content (AvgIpc) is 3.50. The van der Waals surface area contributed by atoms with Crippen LogP contribution in [0.2, 0.25) is 0 Å². The van der Waals surface area contributed by atoms with Gasteiger partial charge in [0.15, 0.2) is 11.5 Å². The van der Waals surface area contributed by atoms with Crippen LogP contribution < -0.4 is 5.56 Å². The molecule has 11 heteroatoms. The first kappa shape index (κ1) is 21.0. The van der Waals surface area contributed by atoms with Gasteiger partial charge in [-0.3, -0.25) is 4.79 Å². The molecule has 3 aromatic heterocycles. The zero-order valence-electron chi connectivity index (χ0n) is 17.8. The van der Waals surface area contributed by atoms with E-state index in [1.165, 1.54) is 16.4 Å². The highest BCUT2D eigenvalue weighted by atomic mass is 32.2. The first-order valence-electron chi connectivity index (χ1n) is 10.5. The maximum Gasteiger partial charge on any atom is 0.277 e. The van der Waals surface area contributed by atoms with Crippen LogP contribution >= 0.6 is 11.8 Å². The minimum absolute atomic E-state index is 0.171. The Morgan fingerprint density at radius 2 is 1.73 bits per heavy atom.